The molecule has 0 radical (unpaired) electrons. The molecule has 0 aliphatic carbocycles. The van der Waals surface area contributed by atoms with Gasteiger partial charge in [0.1, 0.15) is 5.75 Å². The molecule has 0 aliphatic rings. The van der Waals surface area contributed by atoms with Crippen LogP contribution in [0.5, 0.6) is 5.75 Å². The number of halogens is 3. The highest BCUT2D eigenvalue weighted by atomic mass is 19.4. The molecule has 30 heavy (non-hydrogen) atoms. The molecule has 0 fully saturated rings. The van der Waals surface area contributed by atoms with Gasteiger partial charge in [-0.3, -0.25) is 9.79 Å². The maximum atomic E-state index is 13.3. The zero-order valence-electron chi connectivity index (χ0n) is 17.1. The van der Waals surface area contributed by atoms with Crippen LogP contribution in [0.1, 0.15) is 27.0 Å². The second-order valence-corrected chi connectivity index (χ2v) is 6.40. The van der Waals surface area contributed by atoms with Crippen molar-refractivity contribution < 1.29 is 22.7 Å². The maximum absolute atomic E-state index is 13.3. The average Bonchev–Trinajstić information content (AvgIpc) is 2.75. The number of hydrogen-bond donors (Lipinski definition) is 3. The van der Waals surface area contributed by atoms with Crippen LogP contribution in [0.4, 0.5) is 13.2 Å². The summed E-state index contributed by atoms with van der Waals surface area (Å²) in [6.07, 6.45) is -3.87. The molecule has 2 aromatic carbocycles. The van der Waals surface area contributed by atoms with Gasteiger partial charge in [0.25, 0.3) is 5.91 Å². The van der Waals surface area contributed by atoms with Crippen LogP contribution in [0.15, 0.2) is 47.5 Å². The van der Waals surface area contributed by atoms with E-state index in [1.54, 1.807) is 32.3 Å². The van der Waals surface area contributed by atoms with Crippen LogP contribution >= 0.6 is 0 Å². The monoisotopic (exact) mass is 422 g/mol. The first-order chi connectivity index (χ1) is 14.3. The van der Waals surface area contributed by atoms with Crippen LogP contribution < -0.4 is 20.7 Å². The van der Waals surface area contributed by atoms with Crippen molar-refractivity contribution in [3.8, 4) is 5.75 Å². The lowest BCUT2D eigenvalue weighted by Gasteiger charge is -2.16. The van der Waals surface area contributed by atoms with Crippen LogP contribution in [0.25, 0.3) is 0 Å². The van der Waals surface area contributed by atoms with Crippen LogP contribution in [-0.4, -0.2) is 39.6 Å². The molecule has 3 N–H and O–H groups in total. The molecule has 2 aromatic rings. The summed E-state index contributed by atoms with van der Waals surface area (Å²) in [5.41, 5.74) is 0.852. The predicted molar refractivity (Wildman–Crippen MR) is 110 cm³/mol. The van der Waals surface area contributed by atoms with E-state index in [0.717, 1.165) is 11.6 Å². The Balaban J connectivity index is 1.96. The molecule has 0 heterocycles. The summed E-state index contributed by atoms with van der Waals surface area (Å²) in [4.78, 5) is 15.8. The Morgan fingerprint density at radius 1 is 1.13 bits per heavy atom. The maximum Gasteiger partial charge on any atom is 0.416 e. The van der Waals surface area contributed by atoms with E-state index in [0.29, 0.717) is 24.5 Å². The van der Waals surface area contributed by atoms with Crippen LogP contribution in [0.2, 0.25) is 0 Å². The van der Waals surface area contributed by atoms with E-state index in [4.69, 9.17) is 4.74 Å². The minimum Gasteiger partial charge on any atom is -0.497 e. The Bertz CT molecular complexity index is 898. The standard InChI is InChI=1S/C21H25F3N4O2/c1-25-19(29)15-6-4-5-14(11-15)9-10-27-20(26-2)28-13-16-7-8-17(30-3)12-18(16)21(22,23)24/h4-8,11-12H,9-10,13H2,1-3H3,(H,25,29)(H2,26,27,28). The van der Waals surface area contributed by atoms with Gasteiger partial charge in [0.15, 0.2) is 5.96 Å². The summed E-state index contributed by atoms with van der Waals surface area (Å²) >= 11 is 0. The molecule has 0 aliphatic heterocycles. The molecular formula is C21H25F3N4O2. The first-order valence-electron chi connectivity index (χ1n) is 9.28. The third-order valence-electron chi connectivity index (χ3n) is 4.41. The van der Waals surface area contributed by atoms with Gasteiger partial charge in [-0.25, -0.2) is 0 Å². The lowest BCUT2D eigenvalue weighted by molar-refractivity contribution is -0.138. The van der Waals surface area contributed by atoms with Crippen molar-refractivity contribution in [2.24, 2.45) is 4.99 Å². The van der Waals surface area contributed by atoms with Gasteiger partial charge in [-0.05, 0) is 41.8 Å². The van der Waals surface area contributed by atoms with Crippen molar-refractivity contribution in [3.05, 3.63) is 64.7 Å². The number of ether oxygens (including phenoxy) is 1. The Kier molecular flexibility index (Phi) is 8.08. The fourth-order valence-corrected chi connectivity index (χ4v) is 2.84. The van der Waals surface area contributed by atoms with E-state index in [1.165, 1.54) is 19.2 Å². The van der Waals surface area contributed by atoms with Crippen molar-refractivity contribution >= 4 is 11.9 Å². The highest BCUT2D eigenvalue weighted by Gasteiger charge is 2.33. The highest BCUT2D eigenvalue weighted by molar-refractivity contribution is 5.94. The molecule has 9 heteroatoms. The molecule has 0 spiro atoms. The number of benzene rings is 2. The molecule has 6 nitrogen and oxygen atoms in total. The molecule has 0 atom stereocenters. The number of nitrogens with zero attached hydrogens (tertiary/aromatic N) is 1. The normalized spacial score (nSPS) is 11.7. The minimum absolute atomic E-state index is 0.0509. The lowest BCUT2D eigenvalue weighted by atomic mass is 10.1. The largest absolute Gasteiger partial charge is 0.497 e. The summed E-state index contributed by atoms with van der Waals surface area (Å²) < 4.78 is 44.9. The summed E-state index contributed by atoms with van der Waals surface area (Å²) in [6.45, 7) is 0.441. The number of carbonyl (C=O) groups excluding carboxylic acids is 1. The van der Waals surface area contributed by atoms with Crippen LogP contribution in [-0.2, 0) is 19.1 Å². The van der Waals surface area contributed by atoms with E-state index < -0.39 is 11.7 Å². The first kappa shape index (κ1) is 23.1. The molecule has 0 bridgehead atoms. The number of guanidine groups is 1. The number of rotatable bonds is 7. The van der Waals surface area contributed by atoms with E-state index in [9.17, 15) is 18.0 Å². The second kappa shape index (κ2) is 10.5. The Morgan fingerprint density at radius 2 is 1.90 bits per heavy atom. The lowest BCUT2D eigenvalue weighted by Crippen LogP contribution is -2.38. The smallest absolute Gasteiger partial charge is 0.416 e. The fourth-order valence-electron chi connectivity index (χ4n) is 2.84. The first-order valence-corrected chi connectivity index (χ1v) is 9.28. The van der Waals surface area contributed by atoms with Gasteiger partial charge in [-0.15, -0.1) is 0 Å². The van der Waals surface area contributed by atoms with Crippen molar-refractivity contribution in [2.75, 3.05) is 27.7 Å². The van der Waals surface area contributed by atoms with Crippen molar-refractivity contribution in [1.82, 2.24) is 16.0 Å². The Labute approximate surface area is 173 Å². The number of methoxy groups -OCH3 is 1. The van der Waals surface area contributed by atoms with E-state index >= 15 is 0 Å². The molecule has 0 unspecified atom stereocenters. The van der Waals surface area contributed by atoms with Crippen LogP contribution in [0, 0.1) is 0 Å². The van der Waals surface area contributed by atoms with E-state index in [1.807, 2.05) is 6.07 Å². The number of hydrogen-bond acceptors (Lipinski definition) is 3. The number of aliphatic imine (C=N–C) groups is 1. The number of nitrogens with one attached hydrogen (secondary N) is 3. The third-order valence-corrected chi connectivity index (χ3v) is 4.41. The molecule has 1 amide bonds. The summed E-state index contributed by atoms with van der Waals surface area (Å²) in [5, 5.41) is 8.53. The summed E-state index contributed by atoms with van der Waals surface area (Å²) in [7, 11) is 4.43. The van der Waals surface area contributed by atoms with Crippen molar-refractivity contribution in [3.63, 3.8) is 0 Å². The Morgan fingerprint density at radius 3 is 2.53 bits per heavy atom. The molecular weight excluding hydrogens is 397 g/mol. The third kappa shape index (κ3) is 6.40. The summed E-state index contributed by atoms with van der Waals surface area (Å²) in [5.74, 6) is 0.358. The predicted octanol–water partition coefficient (Wildman–Crippen LogP) is 2.98. The van der Waals surface area contributed by atoms with Gasteiger partial charge in [-0.1, -0.05) is 18.2 Å². The zero-order chi connectivity index (χ0) is 22.1. The van der Waals surface area contributed by atoms with Gasteiger partial charge < -0.3 is 20.7 Å². The molecule has 2 rings (SSSR count). The molecule has 162 valence electrons. The minimum atomic E-state index is -4.49. The van der Waals surface area contributed by atoms with Gasteiger partial charge >= 0.3 is 6.18 Å². The number of amides is 1. The second-order valence-electron chi connectivity index (χ2n) is 6.40. The van der Waals surface area contributed by atoms with Gasteiger partial charge in [0.05, 0.1) is 12.7 Å². The van der Waals surface area contributed by atoms with Crippen molar-refractivity contribution in [2.45, 2.75) is 19.1 Å². The SMILES string of the molecule is CN=C(NCCc1cccc(C(=O)NC)c1)NCc1ccc(OC)cc1C(F)(F)F. The quantitative estimate of drug-likeness (QED) is 0.474. The topological polar surface area (TPSA) is 74.8 Å². The molecule has 0 aromatic heterocycles. The van der Waals surface area contributed by atoms with Crippen LogP contribution in [0.3, 0.4) is 0 Å². The fraction of sp³-hybridized carbons (Fsp3) is 0.333. The van der Waals surface area contributed by atoms with Crippen molar-refractivity contribution in [1.29, 1.82) is 0 Å². The van der Waals surface area contributed by atoms with Gasteiger partial charge in [-0.2, -0.15) is 13.2 Å². The van der Waals surface area contributed by atoms with Gasteiger partial charge in [0, 0.05) is 32.7 Å². The van der Waals surface area contributed by atoms with E-state index in [-0.39, 0.29) is 23.8 Å². The zero-order valence-corrected chi connectivity index (χ0v) is 17.1. The molecule has 0 saturated carbocycles. The Hall–Kier alpha value is -3.23. The number of alkyl halides is 3. The highest BCUT2D eigenvalue weighted by Crippen LogP contribution is 2.34. The number of carbonyl (C=O) groups is 1. The van der Waals surface area contributed by atoms with Gasteiger partial charge in [0.2, 0.25) is 0 Å². The van der Waals surface area contributed by atoms with E-state index in [2.05, 4.69) is 20.9 Å². The average molecular weight is 422 g/mol. The summed E-state index contributed by atoms with van der Waals surface area (Å²) in [6, 6.07) is 11.1. The molecule has 0 saturated heterocycles.